The molecule has 0 spiro atoms. The molecule has 1 saturated carbocycles. The zero-order chi connectivity index (χ0) is 13.0. The largest absolute Gasteiger partial charge is 0.353 e. The Balaban J connectivity index is 1.74. The van der Waals surface area contributed by atoms with Gasteiger partial charge in [-0.2, -0.15) is 0 Å². The molecule has 0 radical (unpaired) electrons. The van der Waals surface area contributed by atoms with Crippen molar-refractivity contribution in [2.45, 2.75) is 50.3 Å². The fourth-order valence-electron chi connectivity index (χ4n) is 2.81. The molecule has 18 heavy (non-hydrogen) atoms. The second-order valence-corrected chi connectivity index (χ2v) is 6.75. The van der Waals surface area contributed by atoms with Gasteiger partial charge in [-0.3, -0.25) is 9.59 Å². The number of carbonyl (C=O) groups excluding carboxylic acids is 2. The maximum atomic E-state index is 12.1. The van der Waals surface area contributed by atoms with Crippen LogP contribution in [0.3, 0.4) is 0 Å². The summed E-state index contributed by atoms with van der Waals surface area (Å²) in [6.45, 7) is 3.60. The Morgan fingerprint density at radius 2 is 1.89 bits per heavy atom. The molecule has 2 N–H and O–H groups in total. The quantitative estimate of drug-likeness (QED) is 0.811. The highest BCUT2D eigenvalue weighted by atomic mass is 32.2. The van der Waals surface area contributed by atoms with Crippen LogP contribution in [0.15, 0.2) is 0 Å². The predicted molar refractivity (Wildman–Crippen MR) is 73.4 cm³/mol. The molecule has 2 unspecified atom stereocenters. The van der Waals surface area contributed by atoms with E-state index < -0.39 is 0 Å². The van der Waals surface area contributed by atoms with Crippen LogP contribution in [0.25, 0.3) is 0 Å². The molecular weight excluding hydrogens is 248 g/mol. The maximum absolute atomic E-state index is 12.1. The predicted octanol–water partition coefficient (Wildman–Crippen LogP) is 1.30. The molecule has 0 bridgehead atoms. The lowest BCUT2D eigenvalue weighted by Crippen LogP contribution is -2.44. The molecule has 102 valence electrons. The molecule has 1 aliphatic heterocycles. The minimum absolute atomic E-state index is 0.122. The number of nitrogens with one attached hydrogen (secondary N) is 2. The first-order valence-corrected chi connectivity index (χ1v) is 7.71. The third-order valence-corrected chi connectivity index (χ3v) is 4.87. The summed E-state index contributed by atoms with van der Waals surface area (Å²) in [5.74, 6) is 0.324. The van der Waals surface area contributed by atoms with Gasteiger partial charge in [-0.05, 0) is 45.2 Å². The maximum Gasteiger partial charge on any atom is 0.223 e. The average Bonchev–Trinajstić information content (AvgIpc) is 2.78. The lowest BCUT2D eigenvalue weighted by atomic mass is 10.0. The van der Waals surface area contributed by atoms with Gasteiger partial charge in [-0.15, -0.1) is 0 Å². The van der Waals surface area contributed by atoms with Crippen LogP contribution in [0, 0.1) is 5.92 Å². The number of rotatable bonds is 3. The van der Waals surface area contributed by atoms with E-state index in [1.165, 1.54) is 11.8 Å². The molecule has 2 aliphatic rings. The lowest BCUT2D eigenvalue weighted by Gasteiger charge is -2.25. The summed E-state index contributed by atoms with van der Waals surface area (Å²) in [5.41, 5.74) is 0. The van der Waals surface area contributed by atoms with Gasteiger partial charge in [0.15, 0.2) is 5.12 Å². The molecule has 1 amide bonds. The lowest BCUT2D eigenvalue weighted by molar-refractivity contribution is -0.125. The van der Waals surface area contributed by atoms with Gasteiger partial charge in [-0.1, -0.05) is 11.8 Å². The Labute approximate surface area is 113 Å². The van der Waals surface area contributed by atoms with E-state index in [2.05, 4.69) is 10.6 Å². The van der Waals surface area contributed by atoms with Crippen LogP contribution in [0.4, 0.5) is 0 Å². The van der Waals surface area contributed by atoms with Gasteiger partial charge in [0.1, 0.15) is 0 Å². The number of amides is 1. The van der Waals surface area contributed by atoms with Gasteiger partial charge < -0.3 is 10.6 Å². The van der Waals surface area contributed by atoms with Crippen molar-refractivity contribution < 1.29 is 9.59 Å². The zero-order valence-electron chi connectivity index (χ0n) is 10.9. The molecule has 5 heteroatoms. The summed E-state index contributed by atoms with van der Waals surface area (Å²) in [7, 11) is 0. The van der Waals surface area contributed by atoms with E-state index in [0.29, 0.717) is 11.3 Å². The molecule has 1 heterocycles. The van der Waals surface area contributed by atoms with Crippen molar-refractivity contribution in [3.8, 4) is 0 Å². The van der Waals surface area contributed by atoms with Crippen LogP contribution < -0.4 is 10.6 Å². The van der Waals surface area contributed by atoms with Crippen molar-refractivity contribution in [1.82, 2.24) is 10.6 Å². The van der Waals surface area contributed by atoms with E-state index in [0.717, 1.165) is 45.2 Å². The fourth-order valence-corrected chi connectivity index (χ4v) is 3.86. The monoisotopic (exact) mass is 270 g/mol. The first-order valence-electron chi connectivity index (χ1n) is 6.83. The first-order chi connectivity index (χ1) is 8.65. The van der Waals surface area contributed by atoms with Crippen LogP contribution in [-0.4, -0.2) is 35.4 Å². The van der Waals surface area contributed by atoms with Gasteiger partial charge >= 0.3 is 0 Å². The SMILES string of the molecule is CC(=O)SC1CCC(C(=O)NC2CCNCC2)C1. The van der Waals surface area contributed by atoms with Crippen LogP contribution >= 0.6 is 11.8 Å². The van der Waals surface area contributed by atoms with Gasteiger partial charge in [0.2, 0.25) is 5.91 Å². The fraction of sp³-hybridized carbons (Fsp3) is 0.846. The third-order valence-electron chi connectivity index (χ3n) is 3.77. The molecule has 0 aromatic rings. The summed E-state index contributed by atoms with van der Waals surface area (Å²) in [5, 5.41) is 6.97. The van der Waals surface area contributed by atoms with Crippen molar-refractivity contribution in [3.05, 3.63) is 0 Å². The zero-order valence-corrected chi connectivity index (χ0v) is 11.7. The van der Waals surface area contributed by atoms with E-state index in [4.69, 9.17) is 0 Å². The average molecular weight is 270 g/mol. The van der Waals surface area contributed by atoms with E-state index in [1.807, 2.05) is 0 Å². The standard InChI is InChI=1S/C13H22N2O2S/c1-9(16)18-12-3-2-10(8-12)13(17)15-11-4-6-14-7-5-11/h10-12,14H,2-8H2,1H3,(H,15,17). The second kappa shape index (κ2) is 6.57. The van der Waals surface area contributed by atoms with Crippen LogP contribution in [-0.2, 0) is 9.59 Å². The molecule has 2 rings (SSSR count). The number of piperidine rings is 1. The van der Waals surface area contributed by atoms with Crippen LogP contribution in [0.5, 0.6) is 0 Å². The minimum Gasteiger partial charge on any atom is -0.353 e. The summed E-state index contributed by atoms with van der Waals surface area (Å²) < 4.78 is 0. The Kier molecular flexibility index (Phi) is 5.06. The second-order valence-electron chi connectivity index (χ2n) is 5.27. The molecule has 2 atom stereocenters. The number of carbonyl (C=O) groups is 2. The smallest absolute Gasteiger partial charge is 0.223 e. The van der Waals surface area contributed by atoms with Crippen molar-refractivity contribution in [1.29, 1.82) is 0 Å². The van der Waals surface area contributed by atoms with Crippen molar-refractivity contribution in [2.24, 2.45) is 5.92 Å². The molecule has 0 aromatic heterocycles. The highest BCUT2D eigenvalue weighted by molar-refractivity contribution is 8.14. The van der Waals surface area contributed by atoms with Gasteiger partial charge in [-0.25, -0.2) is 0 Å². The molecular formula is C13H22N2O2S. The Morgan fingerprint density at radius 3 is 2.56 bits per heavy atom. The minimum atomic E-state index is 0.122. The van der Waals surface area contributed by atoms with Crippen molar-refractivity contribution in [3.63, 3.8) is 0 Å². The third kappa shape index (κ3) is 3.99. The highest BCUT2D eigenvalue weighted by Gasteiger charge is 2.31. The summed E-state index contributed by atoms with van der Waals surface area (Å²) in [4.78, 5) is 23.2. The van der Waals surface area contributed by atoms with E-state index >= 15 is 0 Å². The Morgan fingerprint density at radius 1 is 1.17 bits per heavy atom. The number of hydrogen-bond donors (Lipinski definition) is 2. The highest BCUT2D eigenvalue weighted by Crippen LogP contribution is 2.34. The summed E-state index contributed by atoms with van der Waals surface area (Å²) >= 11 is 1.40. The normalized spacial score (nSPS) is 29.2. The number of thioether (sulfide) groups is 1. The molecule has 1 saturated heterocycles. The van der Waals surface area contributed by atoms with Gasteiger partial charge in [0, 0.05) is 24.1 Å². The van der Waals surface area contributed by atoms with Gasteiger partial charge in [0.25, 0.3) is 0 Å². The van der Waals surface area contributed by atoms with E-state index in [-0.39, 0.29) is 16.9 Å². The summed E-state index contributed by atoms with van der Waals surface area (Å²) in [6.07, 6.45) is 4.85. The molecule has 0 aromatic carbocycles. The molecule has 4 nitrogen and oxygen atoms in total. The summed E-state index contributed by atoms with van der Waals surface area (Å²) in [6, 6.07) is 0.346. The van der Waals surface area contributed by atoms with E-state index in [9.17, 15) is 9.59 Å². The van der Waals surface area contributed by atoms with Crippen molar-refractivity contribution in [2.75, 3.05) is 13.1 Å². The molecule has 1 aliphatic carbocycles. The molecule has 2 fully saturated rings. The Hall–Kier alpha value is -0.550. The van der Waals surface area contributed by atoms with E-state index in [1.54, 1.807) is 6.92 Å². The van der Waals surface area contributed by atoms with Crippen LogP contribution in [0.1, 0.15) is 39.0 Å². The van der Waals surface area contributed by atoms with Crippen LogP contribution in [0.2, 0.25) is 0 Å². The topological polar surface area (TPSA) is 58.2 Å². The Bertz CT molecular complexity index is 316. The number of hydrogen-bond acceptors (Lipinski definition) is 4. The van der Waals surface area contributed by atoms with Crippen molar-refractivity contribution >= 4 is 22.8 Å². The first kappa shape index (κ1) is 13.9. The van der Waals surface area contributed by atoms with Gasteiger partial charge in [0.05, 0.1) is 0 Å².